The number of ether oxygens (including phenoxy) is 1. The van der Waals surface area contributed by atoms with Gasteiger partial charge >= 0.3 is 5.97 Å². The van der Waals surface area contributed by atoms with Crippen LogP contribution in [0.25, 0.3) is 10.9 Å². The van der Waals surface area contributed by atoms with E-state index in [0.29, 0.717) is 5.69 Å². The third-order valence-corrected chi connectivity index (χ3v) is 2.58. The Morgan fingerprint density at radius 2 is 2.00 bits per heavy atom. The summed E-state index contributed by atoms with van der Waals surface area (Å²) in [6.07, 6.45) is 0. The number of nitrogens with zero attached hydrogens (tertiary/aromatic N) is 2. The third kappa shape index (κ3) is 2.20. The number of carbonyl (C=O) groups excluding carboxylic acids is 1. The van der Waals surface area contributed by atoms with Gasteiger partial charge < -0.3 is 9.64 Å². The second-order valence-electron chi connectivity index (χ2n) is 3.96. The molecule has 1 heterocycles. The number of fused-ring (bicyclic) bond motifs is 1. The number of anilines is 1. The normalized spacial score (nSPS) is 10.3. The van der Waals surface area contributed by atoms with Crippen molar-refractivity contribution in [3.63, 3.8) is 0 Å². The van der Waals surface area contributed by atoms with E-state index >= 15 is 0 Å². The lowest BCUT2D eigenvalue weighted by Crippen LogP contribution is -2.08. The molecule has 1 aromatic carbocycles. The molecule has 0 atom stereocenters. The lowest BCUT2D eigenvalue weighted by atomic mass is 10.1. The first-order valence-corrected chi connectivity index (χ1v) is 5.28. The zero-order valence-electron chi connectivity index (χ0n) is 10.1. The number of rotatable bonds is 2. The summed E-state index contributed by atoms with van der Waals surface area (Å²) in [7, 11) is 5.32. The van der Waals surface area contributed by atoms with Gasteiger partial charge in [-0.3, -0.25) is 0 Å². The summed E-state index contributed by atoms with van der Waals surface area (Å²) in [5, 5.41) is 1.00. The third-order valence-electron chi connectivity index (χ3n) is 2.58. The van der Waals surface area contributed by atoms with Gasteiger partial charge in [0.05, 0.1) is 12.6 Å². The average Bonchev–Trinajstić information content (AvgIpc) is 2.36. The first kappa shape index (κ1) is 11.4. The van der Waals surface area contributed by atoms with E-state index in [0.717, 1.165) is 16.6 Å². The van der Waals surface area contributed by atoms with Crippen LogP contribution >= 0.6 is 0 Å². The number of hydrogen-bond donors (Lipinski definition) is 0. The zero-order chi connectivity index (χ0) is 12.4. The summed E-state index contributed by atoms with van der Waals surface area (Å²) < 4.78 is 4.64. The molecule has 88 valence electrons. The number of aromatic nitrogens is 1. The van der Waals surface area contributed by atoms with Gasteiger partial charge in [0.2, 0.25) is 0 Å². The molecule has 0 bridgehead atoms. The van der Waals surface area contributed by atoms with E-state index in [1.54, 1.807) is 6.07 Å². The molecule has 0 amide bonds. The fourth-order valence-electron chi connectivity index (χ4n) is 1.61. The fraction of sp³-hybridized carbons (Fsp3) is 0.231. The number of hydrogen-bond acceptors (Lipinski definition) is 4. The van der Waals surface area contributed by atoms with Crippen molar-refractivity contribution in [3.05, 3.63) is 36.0 Å². The standard InChI is InChI=1S/C13H14N2O2/c1-15(2)10-5-7-11-9(8-10)4-6-12(14-11)13(16)17-3/h4-8H,1-3H3. The Morgan fingerprint density at radius 1 is 1.24 bits per heavy atom. The molecule has 0 unspecified atom stereocenters. The average molecular weight is 230 g/mol. The summed E-state index contributed by atoms with van der Waals surface area (Å²) in [5.74, 6) is -0.413. The van der Waals surface area contributed by atoms with Gasteiger partial charge in [-0.2, -0.15) is 0 Å². The van der Waals surface area contributed by atoms with Crippen LogP contribution in [0.2, 0.25) is 0 Å². The van der Waals surface area contributed by atoms with Gasteiger partial charge in [0.25, 0.3) is 0 Å². The van der Waals surface area contributed by atoms with Crippen LogP contribution in [-0.4, -0.2) is 32.2 Å². The lowest BCUT2D eigenvalue weighted by molar-refractivity contribution is 0.0594. The van der Waals surface area contributed by atoms with Crippen molar-refractivity contribution in [2.45, 2.75) is 0 Å². The van der Waals surface area contributed by atoms with Crippen molar-refractivity contribution in [3.8, 4) is 0 Å². The van der Waals surface area contributed by atoms with Crippen LogP contribution in [0.5, 0.6) is 0 Å². The summed E-state index contributed by atoms with van der Waals surface area (Å²) >= 11 is 0. The molecule has 4 heteroatoms. The Morgan fingerprint density at radius 3 is 2.65 bits per heavy atom. The van der Waals surface area contributed by atoms with E-state index < -0.39 is 5.97 Å². The molecule has 1 aromatic heterocycles. The Kier molecular flexibility index (Phi) is 2.95. The Hall–Kier alpha value is -2.10. The highest BCUT2D eigenvalue weighted by Crippen LogP contribution is 2.20. The smallest absolute Gasteiger partial charge is 0.356 e. The minimum atomic E-state index is -0.413. The number of methoxy groups -OCH3 is 1. The van der Waals surface area contributed by atoms with E-state index in [1.807, 2.05) is 43.3 Å². The van der Waals surface area contributed by atoms with Crippen molar-refractivity contribution in [2.24, 2.45) is 0 Å². The molecule has 0 aliphatic rings. The van der Waals surface area contributed by atoms with Gasteiger partial charge in [0.15, 0.2) is 0 Å². The maximum absolute atomic E-state index is 11.3. The van der Waals surface area contributed by atoms with Gasteiger partial charge in [-0.25, -0.2) is 9.78 Å². The van der Waals surface area contributed by atoms with E-state index in [1.165, 1.54) is 7.11 Å². The number of carbonyl (C=O) groups is 1. The molecule has 0 fully saturated rings. The highest BCUT2D eigenvalue weighted by molar-refractivity contribution is 5.91. The second kappa shape index (κ2) is 4.41. The summed E-state index contributed by atoms with van der Waals surface area (Å²) in [6.45, 7) is 0. The van der Waals surface area contributed by atoms with Crippen LogP contribution in [0.4, 0.5) is 5.69 Å². The maximum Gasteiger partial charge on any atom is 0.356 e. The predicted octanol–water partition coefficient (Wildman–Crippen LogP) is 2.09. The molecule has 0 spiro atoms. The van der Waals surface area contributed by atoms with Gasteiger partial charge in [0, 0.05) is 25.2 Å². The first-order chi connectivity index (χ1) is 8.11. The van der Waals surface area contributed by atoms with Crippen LogP contribution in [0, 0.1) is 0 Å². The van der Waals surface area contributed by atoms with Crippen molar-refractivity contribution in [1.29, 1.82) is 0 Å². The van der Waals surface area contributed by atoms with Crippen LogP contribution in [0.3, 0.4) is 0 Å². The number of benzene rings is 1. The van der Waals surface area contributed by atoms with Gasteiger partial charge in [0.1, 0.15) is 5.69 Å². The van der Waals surface area contributed by atoms with Crippen LogP contribution in [0.15, 0.2) is 30.3 Å². The topological polar surface area (TPSA) is 42.4 Å². The SMILES string of the molecule is COC(=O)c1ccc2cc(N(C)C)ccc2n1. The quantitative estimate of drug-likeness (QED) is 0.741. The molecule has 2 rings (SSSR count). The molecule has 4 nitrogen and oxygen atoms in total. The van der Waals surface area contributed by atoms with Crippen molar-refractivity contribution in [1.82, 2.24) is 4.98 Å². The minimum absolute atomic E-state index is 0.331. The zero-order valence-corrected chi connectivity index (χ0v) is 10.1. The minimum Gasteiger partial charge on any atom is -0.464 e. The van der Waals surface area contributed by atoms with Crippen LogP contribution in [0.1, 0.15) is 10.5 Å². The van der Waals surface area contributed by atoms with E-state index in [9.17, 15) is 4.79 Å². The number of pyridine rings is 1. The molecule has 0 saturated heterocycles. The first-order valence-electron chi connectivity index (χ1n) is 5.28. The Bertz CT molecular complexity index is 564. The molecule has 2 aromatic rings. The van der Waals surface area contributed by atoms with E-state index in [4.69, 9.17) is 0 Å². The lowest BCUT2D eigenvalue weighted by Gasteiger charge is -2.12. The van der Waals surface area contributed by atoms with Gasteiger partial charge in [-0.15, -0.1) is 0 Å². The van der Waals surface area contributed by atoms with Crippen LogP contribution < -0.4 is 4.90 Å². The largest absolute Gasteiger partial charge is 0.464 e. The van der Waals surface area contributed by atoms with Crippen molar-refractivity contribution >= 4 is 22.6 Å². The van der Waals surface area contributed by atoms with Crippen LogP contribution in [-0.2, 0) is 4.74 Å². The Labute approximate surface area is 99.8 Å². The summed E-state index contributed by atoms with van der Waals surface area (Å²) in [6, 6.07) is 9.45. The van der Waals surface area contributed by atoms with E-state index in [2.05, 4.69) is 9.72 Å². The predicted molar refractivity (Wildman–Crippen MR) is 67.4 cm³/mol. The fourth-order valence-corrected chi connectivity index (χ4v) is 1.61. The Balaban J connectivity index is 2.50. The molecular formula is C13H14N2O2. The van der Waals surface area contributed by atoms with Gasteiger partial charge in [-0.05, 0) is 24.3 Å². The van der Waals surface area contributed by atoms with Gasteiger partial charge in [-0.1, -0.05) is 6.07 Å². The van der Waals surface area contributed by atoms with E-state index in [-0.39, 0.29) is 0 Å². The summed E-state index contributed by atoms with van der Waals surface area (Å²) in [4.78, 5) is 17.6. The molecule has 0 saturated carbocycles. The van der Waals surface area contributed by atoms with Crippen molar-refractivity contribution < 1.29 is 9.53 Å². The number of esters is 1. The van der Waals surface area contributed by atoms with Crippen molar-refractivity contribution in [2.75, 3.05) is 26.1 Å². The molecule has 0 radical (unpaired) electrons. The second-order valence-corrected chi connectivity index (χ2v) is 3.96. The highest BCUT2D eigenvalue weighted by atomic mass is 16.5. The highest BCUT2D eigenvalue weighted by Gasteiger charge is 2.08. The molecule has 0 N–H and O–H groups in total. The molecule has 0 aliphatic heterocycles. The maximum atomic E-state index is 11.3. The molecular weight excluding hydrogens is 216 g/mol. The molecule has 17 heavy (non-hydrogen) atoms. The molecule has 0 aliphatic carbocycles. The monoisotopic (exact) mass is 230 g/mol. The summed E-state index contributed by atoms with van der Waals surface area (Å²) in [5.41, 5.74) is 2.22.